The number of carbonyl (C=O) groups is 2. The molecule has 0 aromatic heterocycles. The third-order valence-electron chi connectivity index (χ3n) is 5.44. The van der Waals surface area contributed by atoms with Crippen molar-refractivity contribution in [2.45, 2.75) is 52.2 Å². The minimum atomic E-state index is -0.648. The van der Waals surface area contributed by atoms with Gasteiger partial charge in [0, 0.05) is 24.0 Å². The SMILES string of the molecule is Cc1cccc(CN(C(=O)Cc2ccccc2Cl)C(Cc2ccccc2)C(=O)NC(C)C)c1. The van der Waals surface area contributed by atoms with Crippen LogP contribution in [0.25, 0.3) is 0 Å². The van der Waals surface area contributed by atoms with Crippen LogP contribution >= 0.6 is 11.6 Å². The second-order valence-electron chi connectivity index (χ2n) is 8.65. The molecule has 0 aliphatic rings. The van der Waals surface area contributed by atoms with E-state index in [0.717, 1.165) is 22.3 Å². The average Bonchev–Trinajstić information content (AvgIpc) is 2.78. The molecule has 0 saturated carbocycles. The van der Waals surface area contributed by atoms with Gasteiger partial charge in [-0.2, -0.15) is 0 Å². The first kappa shape index (κ1) is 24.5. The van der Waals surface area contributed by atoms with Crippen molar-refractivity contribution < 1.29 is 9.59 Å². The summed E-state index contributed by atoms with van der Waals surface area (Å²) in [6, 6.07) is 24.5. The highest BCUT2D eigenvalue weighted by molar-refractivity contribution is 6.31. The molecule has 0 heterocycles. The molecule has 0 aliphatic heterocycles. The molecule has 1 unspecified atom stereocenters. The van der Waals surface area contributed by atoms with Crippen molar-refractivity contribution in [3.05, 3.63) is 106 Å². The lowest BCUT2D eigenvalue weighted by Crippen LogP contribution is -2.52. The van der Waals surface area contributed by atoms with E-state index >= 15 is 0 Å². The third kappa shape index (κ3) is 7.19. The summed E-state index contributed by atoms with van der Waals surface area (Å²) in [5.41, 5.74) is 3.84. The smallest absolute Gasteiger partial charge is 0.243 e. The molecule has 3 aromatic carbocycles. The summed E-state index contributed by atoms with van der Waals surface area (Å²) >= 11 is 6.34. The maximum Gasteiger partial charge on any atom is 0.243 e. The molecule has 0 saturated heterocycles. The lowest BCUT2D eigenvalue weighted by Gasteiger charge is -2.32. The number of rotatable bonds is 9. The van der Waals surface area contributed by atoms with Crippen molar-refractivity contribution >= 4 is 23.4 Å². The molecular formula is C28H31ClN2O2. The Hall–Kier alpha value is -3.11. The lowest BCUT2D eigenvalue weighted by atomic mass is 10.0. The monoisotopic (exact) mass is 462 g/mol. The fourth-order valence-corrected chi connectivity index (χ4v) is 4.05. The Bertz CT molecular complexity index is 1080. The van der Waals surface area contributed by atoms with Gasteiger partial charge < -0.3 is 10.2 Å². The predicted octanol–water partition coefficient (Wildman–Crippen LogP) is 5.36. The van der Waals surface area contributed by atoms with Gasteiger partial charge in [0.2, 0.25) is 11.8 Å². The van der Waals surface area contributed by atoms with Crippen LogP contribution in [0.4, 0.5) is 0 Å². The molecule has 33 heavy (non-hydrogen) atoms. The van der Waals surface area contributed by atoms with Crippen molar-refractivity contribution in [2.24, 2.45) is 0 Å². The summed E-state index contributed by atoms with van der Waals surface area (Å²) in [4.78, 5) is 28.7. The van der Waals surface area contributed by atoms with E-state index in [9.17, 15) is 9.59 Å². The molecule has 1 atom stereocenters. The van der Waals surface area contributed by atoms with Gasteiger partial charge in [-0.05, 0) is 43.5 Å². The standard InChI is InChI=1S/C28H31ClN2O2/c1-20(2)30-28(33)26(17-22-11-5-4-6-12-22)31(19-23-13-9-10-21(3)16-23)27(32)18-24-14-7-8-15-25(24)29/h4-16,20,26H,17-19H2,1-3H3,(H,30,33). The van der Waals surface area contributed by atoms with Crippen molar-refractivity contribution in [1.29, 1.82) is 0 Å². The number of halogens is 1. The molecule has 172 valence electrons. The van der Waals surface area contributed by atoms with E-state index in [0.29, 0.717) is 18.0 Å². The average molecular weight is 463 g/mol. The Labute approximate surface area is 201 Å². The van der Waals surface area contributed by atoms with Gasteiger partial charge >= 0.3 is 0 Å². The summed E-state index contributed by atoms with van der Waals surface area (Å²) < 4.78 is 0. The molecular weight excluding hydrogens is 432 g/mol. The first-order valence-electron chi connectivity index (χ1n) is 11.3. The maximum atomic E-state index is 13.7. The fraction of sp³-hybridized carbons (Fsp3) is 0.286. The largest absolute Gasteiger partial charge is 0.352 e. The van der Waals surface area contributed by atoms with Gasteiger partial charge in [-0.3, -0.25) is 9.59 Å². The zero-order valence-electron chi connectivity index (χ0n) is 19.4. The van der Waals surface area contributed by atoms with E-state index in [1.165, 1.54) is 0 Å². The molecule has 1 N–H and O–H groups in total. The zero-order chi connectivity index (χ0) is 23.8. The van der Waals surface area contributed by atoms with E-state index in [4.69, 9.17) is 11.6 Å². The molecule has 3 aromatic rings. The van der Waals surface area contributed by atoms with Gasteiger partial charge in [0.25, 0.3) is 0 Å². The number of amides is 2. The number of nitrogens with zero attached hydrogens (tertiary/aromatic N) is 1. The predicted molar refractivity (Wildman–Crippen MR) is 134 cm³/mol. The molecule has 0 aliphatic carbocycles. The minimum absolute atomic E-state index is 0.0322. The number of aryl methyl sites for hydroxylation is 1. The summed E-state index contributed by atoms with van der Waals surface area (Å²) in [6.07, 6.45) is 0.561. The number of nitrogens with one attached hydrogen (secondary N) is 1. The molecule has 4 nitrogen and oxygen atoms in total. The Morgan fingerprint density at radius 3 is 2.24 bits per heavy atom. The Kier molecular flexibility index (Phi) is 8.67. The van der Waals surface area contributed by atoms with Crippen molar-refractivity contribution in [3.8, 4) is 0 Å². The van der Waals surface area contributed by atoms with E-state index in [2.05, 4.69) is 11.4 Å². The second kappa shape index (κ2) is 11.7. The van der Waals surface area contributed by atoms with Crippen molar-refractivity contribution in [1.82, 2.24) is 10.2 Å². The molecule has 5 heteroatoms. The van der Waals surface area contributed by atoms with Crippen LogP contribution in [0.3, 0.4) is 0 Å². The van der Waals surface area contributed by atoms with Crippen LogP contribution < -0.4 is 5.32 Å². The molecule has 0 radical (unpaired) electrons. The molecule has 2 amide bonds. The van der Waals surface area contributed by atoms with Crippen LogP contribution in [0.15, 0.2) is 78.9 Å². The van der Waals surface area contributed by atoms with Crippen LogP contribution in [0, 0.1) is 6.92 Å². The van der Waals surface area contributed by atoms with E-state index < -0.39 is 6.04 Å². The Balaban J connectivity index is 1.98. The highest BCUT2D eigenvalue weighted by Gasteiger charge is 2.31. The first-order chi connectivity index (χ1) is 15.8. The Morgan fingerprint density at radius 1 is 0.909 bits per heavy atom. The number of benzene rings is 3. The van der Waals surface area contributed by atoms with Gasteiger partial charge in [0.05, 0.1) is 6.42 Å². The molecule has 0 bridgehead atoms. The van der Waals surface area contributed by atoms with Crippen LogP contribution in [0.2, 0.25) is 5.02 Å². The topological polar surface area (TPSA) is 49.4 Å². The van der Waals surface area contributed by atoms with Crippen LogP contribution in [-0.4, -0.2) is 28.8 Å². The normalized spacial score (nSPS) is 11.8. The highest BCUT2D eigenvalue weighted by Crippen LogP contribution is 2.20. The number of hydrogen-bond acceptors (Lipinski definition) is 2. The summed E-state index contributed by atoms with van der Waals surface area (Å²) in [6.45, 7) is 6.21. The van der Waals surface area contributed by atoms with Crippen LogP contribution in [0.1, 0.15) is 36.1 Å². The maximum absolute atomic E-state index is 13.7. The van der Waals surface area contributed by atoms with Crippen LogP contribution in [0.5, 0.6) is 0 Å². The van der Waals surface area contributed by atoms with Gasteiger partial charge in [-0.1, -0.05) is 90.0 Å². The second-order valence-corrected chi connectivity index (χ2v) is 9.05. The van der Waals surface area contributed by atoms with Crippen molar-refractivity contribution in [3.63, 3.8) is 0 Å². The van der Waals surface area contributed by atoms with Crippen molar-refractivity contribution in [2.75, 3.05) is 0 Å². The van der Waals surface area contributed by atoms with E-state index in [-0.39, 0.29) is 24.3 Å². The third-order valence-corrected chi connectivity index (χ3v) is 5.81. The van der Waals surface area contributed by atoms with Gasteiger partial charge in [-0.15, -0.1) is 0 Å². The van der Waals surface area contributed by atoms with E-state index in [1.54, 1.807) is 11.0 Å². The van der Waals surface area contributed by atoms with Gasteiger partial charge in [0.15, 0.2) is 0 Å². The quantitative estimate of drug-likeness (QED) is 0.465. The molecule has 3 rings (SSSR count). The lowest BCUT2D eigenvalue weighted by molar-refractivity contribution is -0.141. The number of hydrogen-bond donors (Lipinski definition) is 1. The van der Waals surface area contributed by atoms with E-state index in [1.807, 2.05) is 87.5 Å². The highest BCUT2D eigenvalue weighted by atomic mass is 35.5. The summed E-state index contributed by atoms with van der Waals surface area (Å²) in [7, 11) is 0. The first-order valence-corrected chi connectivity index (χ1v) is 11.6. The summed E-state index contributed by atoms with van der Waals surface area (Å²) in [5.74, 6) is -0.293. The minimum Gasteiger partial charge on any atom is -0.352 e. The fourth-order valence-electron chi connectivity index (χ4n) is 3.85. The van der Waals surface area contributed by atoms with Crippen LogP contribution in [-0.2, 0) is 29.0 Å². The summed E-state index contributed by atoms with van der Waals surface area (Å²) in [5, 5.41) is 3.56. The van der Waals surface area contributed by atoms with Gasteiger partial charge in [0.1, 0.15) is 6.04 Å². The molecule has 0 fully saturated rings. The molecule has 0 spiro atoms. The number of carbonyl (C=O) groups excluding carboxylic acids is 2. The zero-order valence-corrected chi connectivity index (χ0v) is 20.2. The Morgan fingerprint density at radius 2 is 1.58 bits per heavy atom. The van der Waals surface area contributed by atoms with Gasteiger partial charge in [-0.25, -0.2) is 0 Å².